The summed E-state index contributed by atoms with van der Waals surface area (Å²) in [6.45, 7) is 8.65. The molecule has 0 atom stereocenters. The quantitative estimate of drug-likeness (QED) is 0.376. The number of anilines is 1. The molecule has 0 unspecified atom stereocenters. The van der Waals surface area contributed by atoms with Gasteiger partial charge in [-0.15, -0.1) is 0 Å². The normalized spacial score (nSPS) is 11.2. The van der Waals surface area contributed by atoms with Gasteiger partial charge in [-0.3, -0.25) is 4.98 Å². The standard InChI is InChI=1S/C27H28N2/c1-4-29(5-2)27-20(3)26(28-24-19-13-12-18-23(24)27)25(21-14-8-6-9-15-21)22-16-10-7-11-17-22/h6-19,25H,4-5H2,1-3H3. The fourth-order valence-electron chi connectivity index (χ4n) is 4.34. The molecule has 0 aliphatic carbocycles. The van der Waals surface area contributed by atoms with E-state index in [-0.39, 0.29) is 5.92 Å². The molecule has 0 saturated carbocycles. The first-order valence-electron chi connectivity index (χ1n) is 10.5. The van der Waals surface area contributed by atoms with E-state index in [1.54, 1.807) is 0 Å². The van der Waals surface area contributed by atoms with Crippen LogP contribution in [0.2, 0.25) is 0 Å². The molecule has 0 radical (unpaired) electrons. The third kappa shape index (κ3) is 3.63. The van der Waals surface area contributed by atoms with Gasteiger partial charge in [0.25, 0.3) is 0 Å². The number of nitrogens with zero attached hydrogens (tertiary/aromatic N) is 2. The SMILES string of the molecule is CCN(CC)c1c(C)c(C(c2ccccc2)c2ccccc2)nc2ccccc12. The van der Waals surface area contributed by atoms with Crippen LogP contribution in [0.3, 0.4) is 0 Å². The number of pyridine rings is 1. The van der Waals surface area contributed by atoms with Gasteiger partial charge >= 0.3 is 0 Å². The van der Waals surface area contributed by atoms with Gasteiger partial charge in [-0.1, -0.05) is 78.9 Å². The molecule has 4 rings (SSSR count). The number of para-hydroxylation sites is 1. The third-order valence-corrected chi connectivity index (χ3v) is 5.76. The van der Waals surface area contributed by atoms with Gasteiger partial charge in [0.15, 0.2) is 0 Å². The van der Waals surface area contributed by atoms with Gasteiger partial charge in [0, 0.05) is 18.5 Å². The first kappa shape index (κ1) is 19.2. The molecular weight excluding hydrogens is 352 g/mol. The van der Waals surface area contributed by atoms with Crippen LogP contribution in [-0.2, 0) is 0 Å². The maximum Gasteiger partial charge on any atom is 0.0726 e. The summed E-state index contributed by atoms with van der Waals surface area (Å²) in [5, 5.41) is 1.23. The van der Waals surface area contributed by atoms with E-state index in [0.717, 1.165) is 24.3 Å². The summed E-state index contributed by atoms with van der Waals surface area (Å²) in [7, 11) is 0. The molecule has 0 fully saturated rings. The molecule has 0 spiro atoms. The predicted molar refractivity (Wildman–Crippen MR) is 124 cm³/mol. The first-order valence-corrected chi connectivity index (χ1v) is 10.5. The van der Waals surface area contributed by atoms with Crippen LogP contribution in [0.1, 0.15) is 42.1 Å². The highest BCUT2D eigenvalue weighted by Gasteiger charge is 2.24. The van der Waals surface area contributed by atoms with Crippen molar-refractivity contribution in [1.29, 1.82) is 0 Å². The number of rotatable bonds is 6. The molecule has 0 saturated heterocycles. The number of fused-ring (bicyclic) bond motifs is 1. The van der Waals surface area contributed by atoms with Crippen LogP contribution in [-0.4, -0.2) is 18.1 Å². The van der Waals surface area contributed by atoms with Crippen molar-refractivity contribution in [1.82, 2.24) is 4.98 Å². The first-order chi connectivity index (χ1) is 14.2. The predicted octanol–water partition coefficient (Wildman–Crippen LogP) is 6.57. The highest BCUT2D eigenvalue weighted by molar-refractivity contribution is 5.94. The second-order valence-electron chi connectivity index (χ2n) is 7.41. The minimum atomic E-state index is 0.108. The van der Waals surface area contributed by atoms with Crippen LogP contribution in [0.4, 0.5) is 5.69 Å². The van der Waals surface area contributed by atoms with Crippen LogP contribution < -0.4 is 4.90 Å². The van der Waals surface area contributed by atoms with Crippen molar-refractivity contribution in [3.63, 3.8) is 0 Å². The van der Waals surface area contributed by atoms with Gasteiger partial charge in [0.1, 0.15) is 0 Å². The minimum Gasteiger partial charge on any atom is -0.371 e. The van der Waals surface area contributed by atoms with Gasteiger partial charge < -0.3 is 4.90 Å². The second-order valence-corrected chi connectivity index (χ2v) is 7.41. The lowest BCUT2D eigenvalue weighted by molar-refractivity contribution is 0.851. The van der Waals surface area contributed by atoms with E-state index in [1.165, 1.54) is 27.8 Å². The maximum atomic E-state index is 5.21. The lowest BCUT2D eigenvalue weighted by Crippen LogP contribution is -2.24. The lowest BCUT2D eigenvalue weighted by atomic mass is 9.85. The minimum absolute atomic E-state index is 0.108. The van der Waals surface area contributed by atoms with Crippen molar-refractivity contribution in [2.24, 2.45) is 0 Å². The van der Waals surface area contributed by atoms with Gasteiger partial charge in [-0.05, 0) is 43.5 Å². The van der Waals surface area contributed by atoms with E-state index < -0.39 is 0 Å². The Morgan fingerprint density at radius 3 is 1.79 bits per heavy atom. The topological polar surface area (TPSA) is 16.1 Å². The summed E-state index contributed by atoms with van der Waals surface area (Å²) < 4.78 is 0. The summed E-state index contributed by atoms with van der Waals surface area (Å²) in [5.74, 6) is 0.108. The summed E-state index contributed by atoms with van der Waals surface area (Å²) >= 11 is 0. The van der Waals surface area contributed by atoms with E-state index in [2.05, 4.69) is 111 Å². The molecule has 0 aliphatic rings. The Labute approximate surface area is 173 Å². The van der Waals surface area contributed by atoms with E-state index in [4.69, 9.17) is 4.98 Å². The number of hydrogen-bond acceptors (Lipinski definition) is 2. The van der Waals surface area contributed by atoms with Crippen molar-refractivity contribution in [2.45, 2.75) is 26.7 Å². The summed E-state index contributed by atoms with van der Waals surface area (Å²) in [6.07, 6.45) is 0. The molecule has 29 heavy (non-hydrogen) atoms. The average Bonchev–Trinajstić information content (AvgIpc) is 2.78. The van der Waals surface area contributed by atoms with Gasteiger partial charge in [0.2, 0.25) is 0 Å². The zero-order valence-corrected chi connectivity index (χ0v) is 17.5. The van der Waals surface area contributed by atoms with Crippen LogP contribution >= 0.6 is 0 Å². The molecule has 3 aromatic carbocycles. The zero-order chi connectivity index (χ0) is 20.2. The Bertz CT molecular complexity index is 1040. The summed E-state index contributed by atoms with van der Waals surface area (Å²) in [5.41, 5.74) is 7.33. The average molecular weight is 381 g/mol. The van der Waals surface area contributed by atoms with Gasteiger partial charge in [-0.2, -0.15) is 0 Å². The van der Waals surface area contributed by atoms with E-state index >= 15 is 0 Å². The van der Waals surface area contributed by atoms with Crippen molar-refractivity contribution in [3.8, 4) is 0 Å². The highest BCUT2D eigenvalue weighted by Crippen LogP contribution is 2.39. The Hall–Kier alpha value is -3.13. The van der Waals surface area contributed by atoms with Crippen molar-refractivity contribution in [3.05, 3.63) is 107 Å². The van der Waals surface area contributed by atoms with Crippen LogP contribution in [0.5, 0.6) is 0 Å². The zero-order valence-electron chi connectivity index (χ0n) is 17.5. The molecule has 2 heteroatoms. The molecule has 0 N–H and O–H groups in total. The molecule has 1 heterocycles. The number of hydrogen-bond donors (Lipinski definition) is 0. The third-order valence-electron chi connectivity index (χ3n) is 5.76. The maximum absolute atomic E-state index is 5.21. The molecule has 4 aromatic rings. The van der Waals surface area contributed by atoms with Crippen molar-refractivity contribution in [2.75, 3.05) is 18.0 Å². The van der Waals surface area contributed by atoms with Crippen LogP contribution in [0.15, 0.2) is 84.9 Å². The van der Waals surface area contributed by atoms with E-state index in [1.807, 2.05) is 0 Å². The Morgan fingerprint density at radius 2 is 1.24 bits per heavy atom. The molecular formula is C27H28N2. The lowest BCUT2D eigenvalue weighted by Gasteiger charge is -2.28. The fourth-order valence-corrected chi connectivity index (χ4v) is 4.34. The number of benzene rings is 3. The fraction of sp³-hybridized carbons (Fsp3) is 0.222. The molecule has 1 aromatic heterocycles. The smallest absolute Gasteiger partial charge is 0.0726 e. The Balaban J connectivity index is 2.03. The van der Waals surface area contributed by atoms with Crippen molar-refractivity contribution < 1.29 is 0 Å². The second kappa shape index (κ2) is 8.48. The molecule has 146 valence electrons. The summed E-state index contributed by atoms with van der Waals surface area (Å²) in [4.78, 5) is 7.67. The Morgan fingerprint density at radius 1 is 0.724 bits per heavy atom. The van der Waals surface area contributed by atoms with E-state index in [9.17, 15) is 0 Å². The van der Waals surface area contributed by atoms with Gasteiger partial charge in [0.05, 0.1) is 22.8 Å². The Kier molecular flexibility index (Phi) is 5.62. The van der Waals surface area contributed by atoms with Crippen molar-refractivity contribution >= 4 is 16.6 Å². The molecule has 0 aliphatic heterocycles. The van der Waals surface area contributed by atoms with E-state index in [0.29, 0.717) is 0 Å². The monoisotopic (exact) mass is 380 g/mol. The molecule has 2 nitrogen and oxygen atoms in total. The highest BCUT2D eigenvalue weighted by atomic mass is 15.1. The largest absolute Gasteiger partial charge is 0.371 e. The molecule has 0 amide bonds. The van der Waals surface area contributed by atoms with Crippen LogP contribution in [0.25, 0.3) is 10.9 Å². The van der Waals surface area contributed by atoms with Gasteiger partial charge in [-0.25, -0.2) is 0 Å². The van der Waals surface area contributed by atoms with Crippen LogP contribution in [0, 0.1) is 6.92 Å². The summed E-state index contributed by atoms with van der Waals surface area (Å²) in [6, 6.07) is 30.0. The number of aromatic nitrogens is 1. The molecule has 0 bridgehead atoms.